The molecule has 0 fully saturated rings. The first kappa shape index (κ1) is 15.3. The fraction of sp³-hybridized carbons (Fsp3) is 0.235. The molecule has 1 atom stereocenters. The van der Waals surface area contributed by atoms with Crippen molar-refractivity contribution in [2.24, 2.45) is 0 Å². The first-order valence-corrected chi connectivity index (χ1v) is 7.92. The Morgan fingerprint density at radius 2 is 2.20 bits per heavy atom. The molecule has 1 aliphatic carbocycles. The number of carbonyl (C=O) groups excluding carboxylic acids is 1. The number of nitrogen functional groups attached to an aromatic ring is 1. The van der Waals surface area contributed by atoms with E-state index < -0.39 is 0 Å². The van der Waals surface area contributed by atoms with E-state index in [1.807, 2.05) is 12.1 Å². The van der Waals surface area contributed by atoms with Gasteiger partial charge in [0.1, 0.15) is 12.0 Å². The van der Waals surface area contributed by atoms with Gasteiger partial charge >= 0.3 is 0 Å². The van der Waals surface area contributed by atoms with Crippen LogP contribution < -0.4 is 11.1 Å². The third-order valence-electron chi connectivity index (χ3n) is 4.21. The number of amides is 1. The predicted molar refractivity (Wildman–Crippen MR) is 89.4 cm³/mol. The zero-order valence-corrected chi connectivity index (χ0v) is 13.6. The second kappa shape index (κ2) is 5.97. The summed E-state index contributed by atoms with van der Waals surface area (Å²) in [6.07, 6.45) is 6.37. The molecule has 0 saturated heterocycles. The maximum absolute atomic E-state index is 12.6. The number of hydrogen-bond acceptors (Lipinski definition) is 7. The molecule has 8 heteroatoms. The van der Waals surface area contributed by atoms with E-state index in [0.717, 1.165) is 24.1 Å². The summed E-state index contributed by atoms with van der Waals surface area (Å²) in [6.45, 7) is 1.73. The Kier molecular flexibility index (Phi) is 3.64. The van der Waals surface area contributed by atoms with Gasteiger partial charge in [0, 0.05) is 6.20 Å². The van der Waals surface area contributed by atoms with Crippen molar-refractivity contribution in [2.45, 2.75) is 25.8 Å². The lowest BCUT2D eigenvalue weighted by atomic mass is 10.2. The molecular formula is C17H16N6O2. The van der Waals surface area contributed by atoms with Crippen LogP contribution in [0.1, 0.15) is 39.9 Å². The molecule has 3 heterocycles. The minimum absolute atomic E-state index is 0.0375. The molecule has 3 aromatic rings. The molecule has 0 aromatic carbocycles. The van der Waals surface area contributed by atoms with Crippen LogP contribution in [-0.4, -0.2) is 25.8 Å². The third kappa shape index (κ3) is 2.71. The minimum atomic E-state index is -0.365. The lowest BCUT2D eigenvalue weighted by molar-refractivity contribution is 0.0931. The SMILES string of the molecule is Cc1nc(C(=O)NC2CCc3cccnc32)c(N)nc1-c1ncco1. The largest absolute Gasteiger partial charge is 0.443 e. The second-order valence-corrected chi connectivity index (χ2v) is 5.84. The van der Waals surface area contributed by atoms with Crippen molar-refractivity contribution in [3.05, 3.63) is 53.4 Å². The van der Waals surface area contributed by atoms with Gasteiger partial charge in [-0.25, -0.2) is 15.0 Å². The van der Waals surface area contributed by atoms with E-state index in [2.05, 4.69) is 25.3 Å². The van der Waals surface area contributed by atoms with E-state index in [0.29, 0.717) is 17.3 Å². The quantitative estimate of drug-likeness (QED) is 0.748. The van der Waals surface area contributed by atoms with Crippen molar-refractivity contribution >= 4 is 11.7 Å². The summed E-state index contributed by atoms with van der Waals surface area (Å²) in [5.74, 6) is -0.0105. The Labute approximate surface area is 143 Å². The molecule has 0 aliphatic heterocycles. The normalized spacial score (nSPS) is 15.8. The zero-order valence-electron chi connectivity index (χ0n) is 13.6. The molecule has 1 unspecified atom stereocenters. The average Bonchev–Trinajstić information content (AvgIpc) is 3.27. The Balaban J connectivity index is 1.60. The van der Waals surface area contributed by atoms with Crippen LogP contribution in [0.3, 0.4) is 0 Å². The highest BCUT2D eigenvalue weighted by molar-refractivity contribution is 5.97. The fourth-order valence-electron chi connectivity index (χ4n) is 3.02. The Morgan fingerprint density at radius 3 is 3.00 bits per heavy atom. The number of aromatic nitrogens is 4. The van der Waals surface area contributed by atoms with E-state index in [1.165, 1.54) is 12.5 Å². The van der Waals surface area contributed by atoms with Gasteiger partial charge in [0.25, 0.3) is 5.91 Å². The summed E-state index contributed by atoms with van der Waals surface area (Å²) in [7, 11) is 0. The predicted octanol–water partition coefficient (Wildman–Crippen LogP) is 1.83. The lowest BCUT2D eigenvalue weighted by Crippen LogP contribution is -2.29. The number of nitrogens with one attached hydrogen (secondary N) is 1. The molecule has 8 nitrogen and oxygen atoms in total. The van der Waals surface area contributed by atoms with Crippen LogP contribution in [-0.2, 0) is 6.42 Å². The van der Waals surface area contributed by atoms with Crippen LogP contribution in [0.15, 0.2) is 35.2 Å². The molecule has 25 heavy (non-hydrogen) atoms. The van der Waals surface area contributed by atoms with Gasteiger partial charge in [-0.3, -0.25) is 9.78 Å². The van der Waals surface area contributed by atoms with Crippen molar-refractivity contribution in [3.63, 3.8) is 0 Å². The van der Waals surface area contributed by atoms with Crippen molar-refractivity contribution in [1.29, 1.82) is 0 Å². The van der Waals surface area contributed by atoms with Gasteiger partial charge in [-0.15, -0.1) is 0 Å². The molecule has 1 aliphatic rings. The second-order valence-electron chi connectivity index (χ2n) is 5.84. The summed E-state index contributed by atoms with van der Waals surface area (Å²) < 4.78 is 5.22. The standard InChI is InChI=1S/C17H16N6O2/c1-9-12(17-20-7-8-25-17)23-15(18)14(21-9)16(24)22-11-5-4-10-3-2-6-19-13(10)11/h2-3,6-8,11H,4-5H2,1H3,(H2,18,23)(H,22,24). The van der Waals surface area contributed by atoms with Crippen LogP contribution in [0.4, 0.5) is 5.82 Å². The molecule has 3 N–H and O–H groups in total. The van der Waals surface area contributed by atoms with Crippen LogP contribution in [0.25, 0.3) is 11.6 Å². The van der Waals surface area contributed by atoms with Crippen molar-refractivity contribution in [2.75, 3.05) is 5.73 Å². The molecule has 1 amide bonds. The summed E-state index contributed by atoms with van der Waals surface area (Å²) in [5, 5.41) is 2.95. The zero-order chi connectivity index (χ0) is 17.4. The number of oxazole rings is 1. The summed E-state index contributed by atoms with van der Waals surface area (Å²) in [4.78, 5) is 29.6. The number of anilines is 1. The van der Waals surface area contributed by atoms with Gasteiger partial charge in [-0.1, -0.05) is 6.07 Å². The highest BCUT2D eigenvalue weighted by Gasteiger charge is 2.27. The number of pyridine rings is 1. The van der Waals surface area contributed by atoms with Crippen molar-refractivity contribution in [1.82, 2.24) is 25.3 Å². The van der Waals surface area contributed by atoms with Gasteiger partial charge in [0.05, 0.1) is 23.6 Å². The third-order valence-corrected chi connectivity index (χ3v) is 4.21. The van der Waals surface area contributed by atoms with Gasteiger partial charge < -0.3 is 15.5 Å². The van der Waals surface area contributed by atoms with Crippen LogP contribution in [0.2, 0.25) is 0 Å². The first-order valence-electron chi connectivity index (χ1n) is 7.92. The number of fused-ring (bicyclic) bond motifs is 1. The molecule has 4 rings (SSSR count). The lowest BCUT2D eigenvalue weighted by Gasteiger charge is -2.14. The summed E-state index contributed by atoms with van der Waals surface area (Å²) in [5.41, 5.74) is 9.04. The smallest absolute Gasteiger partial charge is 0.274 e. The summed E-state index contributed by atoms with van der Waals surface area (Å²) in [6, 6.07) is 3.78. The molecule has 126 valence electrons. The van der Waals surface area contributed by atoms with E-state index in [4.69, 9.17) is 10.2 Å². The van der Waals surface area contributed by atoms with Crippen LogP contribution in [0, 0.1) is 6.92 Å². The van der Waals surface area contributed by atoms with Gasteiger partial charge in [0.2, 0.25) is 5.89 Å². The van der Waals surface area contributed by atoms with Crippen LogP contribution >= 0.6 is 0 Å². The van der Waals surface area contributed by atoms with Gasteiger partial charge in [0.15, 0.2) is 11.5 Å². The Morgan fingerprint density at radius 1 is 1.32 bits per heavy atom. The number of nitrogens with two attached hydrogens (primary N) is 1. The monoisotopic (exact) mass is 336 g/mol. The maximum atomic E-state index is 12.6. The number of aryl methyl sites for hydroxylation is 2. The van der Waals surface area contributed by atoms with Gasteiger partial charge in [-0.2, -0.15) is 0 Å². The highest BCUT2D eigenvalue weighted by atomic mass is 16.3. The summed E-state index contributed by atoms with van der Waals surface area (Å²) >= 11 is 0. The topological polar surface area (TPSA) is 120 Å². The average molecular weight is 336 g/mol. The van der Waals surface area contributed by atoms with Crippen LogP contribution in [0.5, 0.6) is 0 Å². The molecule has 0 bridgehead atoms. The fourth-order valence-corrected chi connectivity index (χ4v) is 3.02. The molecule has 3 aromatic heterocycles. The molecule has 0 radical (unpaired) electrons. The number of hydrogen-bond donors (Lipinski definition) is 2. The highest BCUT2D eigenvalue weighted by Crippen LogP contribution is 2.29. The number of nitrogens with zero attached hydrogens (tertiary/aromatic N) is 4. The molecule has 0 spiro atoms. The van der Waals surface area contributed by atoms with Crippen molar-refractivity contribution in [3.8, 4) is 11.6 Å². The minimum Gasteiger partial charge on any atom is -0.443 e. The Bertz CT molecular complexity index is 938. The van der Waals surface area contributed by atoms with E-state index in [1.54, 1.807) is 13.1 Å². The number of carbonyl (C=O) groups is 1. The van der Waals surface area contributed by atoms with E-state index in [-0.39, 0.29) is 23.5 Å². The molecule has 0 saturated carbocycles. The first-order chi connectivity index (χ1) is 12.1. The van der Waals surface area contributed by atoms with E-state index in [9.17, 15) is 4.79 Å². The Hall–Kier alpha value is -3.29. The van der Waals surface area contributed by atoms with Crippen molar-refractivity contribution < 1.29 is 9.21 Å². The van der Waals surface area contributed by atoms with Gasteiger partial charge in [-0.05, 0) is 31.4 Å². The van der Waals surface area contributed by atoms with E-state index >= 15 is 0 Å². The number of rotatable bonds is 3. The maximum Gasteiger partial charge on any atom is 0.274 e. The molecular weight excluding hydrogens is 320 g/mol.